The first-order chi connectivity index (χ1) is 7.58. The zero-order chi connectivity index (χ0) is 12.1. The van der Waals surface area contributed by atoms with Crippen molar-refractivity contribution in [3.05, 3.63) is 23.8 Å². The Kier molecular flexibility index (Phi) is 4.17. The summed E-state index contributed by atoms with van der Waals surface area (Å²) in [5.41, 5.74) is 1.87. The number of methoxy groups -OCH3 is 1. The average molecular weight is 222 g/mol. The Morgan fingerprint density at radius 3 is 2.62 bits per heavy atom. The second-order valence-electron chi connectivity index (χ2n) is 3.75. The van der Waals surface area contributed by atoms with Crippen LogP contribution < -0.4 is 10.1 Å². The molecule has 0 aromatic heterocycles. The molecular weight excluding hydrogens is 204 g/mol. The number of carbonyl (C=O) groups is 1. The topological polar surface area (TPSA) is 41.6 Å². The molecule has 4 nitrogen and oxygen atoms in total. The van der Waals surface area contributed by atoms with Crippen molar-refractivity contribution in [2.45, 2.75) is 6.42 Å². The zero-order valence-electron chi connectivity index (χ0n) is 10.2. The molecule has 0 spiro atoms. The maximum Gasteiger partial charge on any atom is 0.226 e. The van der Waals surface area contributed by atoms with Crippen molar-refractivity contribution < 1.29 is 9.53 Å². The van der Waals surface area contributed by atoms with Crippen LogP contribution in [0.15, 0.2) is 18.2 Å². The molecule has 1 N–H and O–H groups in total. The largest absolute Gasteiger partial charge is 0.495 e. The molecule has 1 aromatic rings. The highest BCUT2D eigenvalue weighted by atomic mass is 16.5. The fourth-order valence-corrected chi connectivity index (χ4v) is 1.39. The van der Waals surface area contributed by atoms with E-state index in [1.807, 2.05) is 25.2 Å². The van der Waals surface area contributed by atoms with Gasteiger partial charge < -0.3 is 15.0 Å². The molecule has 0 atom stereocenters. The van der Waals surface area contributed by atoms with Crippen molar-refractivity contribution in [2.24, 2.45) is 0 Å². The molecule has 0 heterocycles. The van der Waals surface area contributed by atoms with Crippen LogP contribution in [0.1, 0.15) is 5.56 Å². The maximum atomic E-state index is 11.5. The van der Waals surface area contributed by atoms with E-state index in [-0.39, 0.29) is 5.91 Å². The van der Waals surface area contributed by atoms with Crippen molar-refractivity contribution in [3.8, 4) is 5.75 Å². The summed E-state index contributed by atoms with van der Waals surface area (Å²) in [4.78, 5) is 13.1. The monoisotopic (exact) mass is 222 g/mol. The lowest BCUT2D eigenvalue weighted by molar-refractivity contribution is -0.127. The van der Waals surface area contributed by atoms with Crippen LogP contribution in [0, 0.1) is 0 Å². The molecule has 0 fully saturated rings. The van der Waals surface area contributed by atoms with Gasteiger partial charge in [-0.1, -0.05) is 6.07 Å². The number of nitrogens with zero attached hydrogens (tertiary/aromatic N) is 1. The van der Waals surface area contributed by atoms with Crippen LogP contribution >= 0.6 is 0 Å². The van der Waals surface area contributed by atoms with E-state index in [4.69, 9.17) is 4.74 Å². The average Bonchev–Trinajstić information content (AvgIpc) is 2.28. The summed E-state index contributed by atoms with van der Waals surface area (Å²) in [6.07, 6.45) is 0.408. The van der Waals surface area contributed by atoms with Crippen molar-refractivity contribution in [3.63, 3.8) is 0 Å². The summed E-state index contributed by atoms with van der Waals surface area (Å²) in [6, 6.07) is 5.70. The summed E-state index contributed by atoms with van der Waals surface area (Å²) in [7, 11) is 6.96. The Labute approximate surface area is 96.2 Å². The zero-order valence-corrected chi connectivity index (χ0v) is 10.2. The normalized spacial score (nSPS) is 9.75. The quantitative estimate of drug-likeness (QED) is 0.836. The number of carbonyl (C=O) groups excluding carboxylic acids is 1. The van der Waals surface area contributed by atoms with Gasteiger partial charge in [-0.2, -0.15) is 0 Å². The van der Waals surface area contributed by atoms with E-state index < -0.39 is 0 Å². The molecule has 0 aliphatic rings. The first kappa shape index (κ1) is 12.4. The molecular formula is C12H18N2O2. The number of likely N-dealkylation sites (N-methyl/N-ethyl adjacent to an activating group) is 1. The predicted octanol–water partition coefficient (Wildman–Crippen LogP) is 1.37. The number of ether oxygens (including phenoxy) is 1. The van der Waals surface area contributed by atoms with E-state index in [2.05, 4.69) is 5.32 Å². The van der Waals surface area contributed by atoms with Gasteiger partial charge in [0.2, 0.25) is 5.91 Å². The number of rotatable bonds is 4. The first-order valence-corrected chi connectivity index (χ1v) is 5.13. The minimum Gasteiger partial charge on any atom is -0.495 e. The van der Waals surface area contributed by atoms with Crippen molar-refractivity contribution in [2.75, 3.05) is 33.6 Å². The highest BCUT2D eigenvalue weighted by Crippen LogP contribution is 2.25. The lowest BCUT2D eigenvalue weighted by Crippen LogP contribution is -2.23. The second kappa shape index (κ2) is 5.39. The van der Waals surface area contributed by atoms with Gasteiger partial charge >= 0.3 is 0 Å². The third-order valence-electron chi connectivity index (χ3n) is 2.39. The molecule has 88 valence electrons. The van der Waals surface area contributed by atoms with Crippen LogP contribution in [0.2, 0.25) is 0 Å². The SMILES string of the molecule is CNc1cc(CC(=O)N(C)C)ccc1OC. The first-order valence-electron chi connectivity index (χ1n) is 5.13. The van der Waals surface area contributed by atoms with E-state index in [1.165, 1.54) is 0 Å². The van der Waals surface area contributed by atoms with Crippen molar-refractivity contribution >= 4 is 11.6 Å². The fraction of sp³-hybridized carbons (Fsp3) is 0.417. The highest BCUT2D eigenvalue weighted by molar-refractivity contribution is 5.78. The standard InChI is InChI=1S/C12H18N2O2/c1-13-10-7-9(5-6-11(10)16-4)8-12(15)14(2)3/h5-7,13H,8H2,1-4H3. The molecule has 0 radical (unpaired) electrons. The molecule has 16 heavy (non-hydrogen) atoms. The second-order valence-corrected chi connectivity index (χ2v) is 3.75. The van der Waals surface area contributed by atoms with Gasteiger partial charge in [0.1, 0.15) is 5.75 Å². The van der Waals surface area contributed by atoms with E-state index in [9.17, 15) is 4.79 Å². The van der Waals surface area contributed by atoms with Crippen molar-refractivity contribution in [1.29, 1.82) is 0 Å². The van der Waals surface area contributed by atoms with Gasteiger partial charge in [0.25, 0.3) is 0 Å². The predicted molar refractivity (Wildman–Crippen MR) is 64.9 cm³/mol. The number of hydrogen-bond acceptors (Lipinski definition) is 3. The molecule has 0 bridgehead atoms. The number of nitrogens with one attached hydrogen (secondary N) is 1. The minimum absolute atomic E-state index is 0.0900. The number of benzene rings is 1. The van der Waals surface area contributed by atoms with E-state index in [0.717, 1.165) is 17.0 Å². The summed E-state index contributed by atoms with van der Waals surface area (Å²) < 4.78 is 5.19. The van der Waals surface area contributed by atoms with Crippen LogP contribution in [0.5, 0.6) is 5.75 Å². The molecule has 0 saturated heterocycles. The van der Waals surface area contributed by atoms with Gasteiger partial charge in [-0.3, -0.25) is 4.79 Å². The van der Waals surface area contributed by atoms with Crippen LogP contribution in [-0.2, 0) is 11.2 Å². The van der Waals surface area contributed by atoms with Gasteiger partial charge in [0.15, 0.2) is 0 Å². The van der Waals surface area contributed by atoms with Crippen LogP contribution in [-0.4, -0.2) is 39.1 Å². The van der Waals surface area contributed by atoms with Gasteiger partial charge in [0.05, 0.1) is 19.2 Å². The Hall–Kier alpha value is -1.71. The lowest BCUT2D eigenvalue weighted by atomic mass is 10.1. The third kappa shape index (κ3) is 2.89. The van der Waals surface area contributed by atoms with E-state index in [1.54, 1.807) is 26.1 Å². The van der Waals surface area contributed by atoms with Gasteiger partial charge in [-0.05, 0) is 17.7 Å². The molecule has 0 aliphatic heterocycles. The third-order valence-corrected chi connectivity index (χ3v) is 2.39. The maximum absolute atomic E-state index is 11.5. The Bertz CT molecular complexity index is 375. The molecule has 1 amide bonds. The Morgan fingerprint density at radius 2 is 2.12 bits per heavy atom. The Balaban J connectivity index is 2.87. The highest BCUT2D eigenvalue weighted by Gasteiger charge is 2.08. The molecule has 1 aromatic carbocycles. The summed E-state index contributed by atoms with van der Waals surface area (Å²) in [6.45, 7) is 0. The van der Waals surface area contributed by atoms with Crippen LogP contribution in [0.25, 0.3) is 0 Å². The minimum atomic E-state index is 0.0900. The van der Waals surface area contributed by atoms with E-state index >= 15 is 0 Å². The Morgan fingerprint density at radius 1 is 1.44 bits per heavy atom. The molecule has 4 heteroatoms. The lowest BCUT2D eigenvalue weighted by Gasteiger charge is -2.12. The summed E-state index contributed by atoms with van der Waals surface area (Å²) in [5.74, 6) is 0.871. The van der Waals surface area contributed by atoms with Gasteiger partial charge in [-0.15, -0.1) is 0 Å². The van der Waals surface area contributed by atoms with Gasteiger partial charge in [-0.25, -0.2) is 0 Å². The van der Waals surface area contributed by atoms with Crippen LogP contribution in [0.4, 0.5) is 5.69 Å². The van der Waals surface area contributed by atoms with Crippen LogP contribution in [0.3, 0.4) is 0 Å². The number of anilines is 1. The number of amides is 1. The summed E-state index contributed by atoms with van der Waals surface area (Å²) >= 11 is 0. The van der Waals surface area contributed by atoms with E-state index in [0.29, 0.717) is 6.42 Å². The summed E-state index contributed by atoms with van der Waals surface area (Å²) in [5, 5.41) is 3.04. The molecule has 1 rings (SSSR count). The molecule has 0 aliphatic carbocycles. The fourth-order valence-electron chi connectivity index (χ4n) is 1.39. The smallest absolute Gasteiger partial charge is 0.226 e. The molecule has 0 saturated carbocycles. The number of hydrogen-bond donors (Lipinski definition) is 1. The molecule has 0 unspecified atom stereocenters. The van der Waals surface area contributed by atoms with Gasteiger partial charge in [0, 0.05) is 21.1 Å². The van der Waals surface area contributed by atoms with Crippen molar-refractivity contribution in [1.82, 2.24) is 4.90 Å².